The molecule has 1 N–H and O–H groups in total. The maximum Gasteiger partial charge on any atom is 0.347 e. The maximum atomic E-state index is 12.5. The molecule has 1 atom stereocenters. The molecule has 0 saturated carbocycles. The van der Waals surface area contributed by atoms with Gasteiger partial charge in [0.15, 0.2) is 0 Å². The number of hydrogen-bond acceptors (Lipinski definition) is 5. The van der Waals surface area contributed by atoms with Gasteiger partial charge in [0.25, 0.3) is 0 Å². The van der Waals surface area contributed by atoms with Gasteiger partial charge in [0.2, 0.25) is 5.91 Å². The van der Waals surface area contributed by atoms with Crippen molar-refractivity contribution in [3.8, 4) is 0 Å². The Morgan fingerprint density at radius 2 is 2.25 bits per heavy atom. The molecule has 0 spiro atoms. The third kappa shape index (κ3) is 3.61. The van der Waals surface area contributed by atoms with E-state index in [0.29, 0.717) is 12.5 Å². The van der Waals surface area contributed by atoms with E-state index in [-0.39, 0.29) is 12.5 Å². The van der Waals surface area contributed by atoms with E-state index in [1.165, 1.54) is 16.3 Å². The number of carbonyl (C=O) groups excluding carboxylic acids is 1. The van der Waals surface area contributed by atoms with Crippen molar-refractivity contribution in [1.29, 1.82) is 0 Å². The van der Waals surface area contributed by atoms with Gasteiger partial charge in [-0.1, -0.05) is 0 Å². The molecule has 7 nitrogen and oxygen atoms in total. The molecule has 0 radical (unpaired) electrons. The number of amides is 1. The standard InChI is InChI=1S/C17H21N5O2/c1-18-15-10-13(5-7-19-15)14-4-2-8-21(11-14)16(23)12-22-9-3-6-20-17(22)24/h3,5-7,9-10,14H,2,4,8,11-12H2,1H3,(H,18,19). The van der Waals surface area contributed by atoms with Gasteiger partial charge in [-0.05, 0) is 36.6 Å². The van der Waals surface area contributed by atoms with Gasteiger partial charge in [0.1, 0.15) is 12.4 Å². The van der Waals surface area contributed by atoms with Gasteiger partial charge in [-0.3, -0.25) is 9.36 Å². The number of pyridine rings is 1. The second kappa shape index (κ2) is 7.25. The highest BCUT2D eigenvalue weighted by Crippen LogP contribution is 2.27. The minimum absolute atomic E-state index is 0.0392. The molecule has 0 aliphatic carbocycles. The molecular formula is C17H21N5O2. The van der Waals surface area contributed by atoms with Gasteiger partial charge in [0, 0.05) is 44.6 Å². The summed E-state index contributed by atoms with van der Waals surface area (Å²) >= 11 is 0. The largest absolute Gasteiger partial charge is 0.373 e. The van der Waals surface area contributed by atoms with Crippen LogP contribution in [-0.2, 0) is 11.3 Å². The minimum atomic E-state index is -0.396. The molecule has 1 aliphatic heterocycles. The van der Waals surface area contributed by atoms with Crippen LogP contribution in [0.5, 0.6) is 0 Å². The number of hydrogen-bond donors (Lipinski definition) is 1. The van der Waals surface area contributed by atoms with Crippen LogP contribution in [0.15, 0.2) is 41.6 Å². The number of carbonyl (C=O) groups is 1. The molecule has 7 heteroatoms. The highest BCUT2D eigenvalue weighted by Gasteiger charge is 2.25. The van der Waals surface area contributed by atoms with E-state index < -0.39 is 5.69 Å². The molecule has 0 bridgehead atoms. The molecule has 1 fully saturated rings. The van der Waals surface area contributed by atoms with Crippen LogP contribution >= 0.6 is 0 Å². The zero-order valence-corrected chi connectivity index (χ0v) is 13.7. The molecule has 1 saturated heterocycles. The van der Waals surface area contributed by atoms with Crippen LogP contribution in [0.3, 0.4) is 0 Å². The molecular weight excluding hydrogens is 306 g/mol. The summed E-state index contributed by atoms with van der Waals surface area (Å²) in [5, 5.41) is 3.04. The van der Waals surface area contributed by atoms with Crippen LogP contribution in [0.1, 0.15) is 24.3 Å². The smallest absolute Gasteiger partial charge is 0.347 e. The summed E-state index contributed by atoms with van der Waals surface area (Å²) in [6, 6.07) is 5.69. The highest BCUT2D eigenvalue weighted by molar-refractivity contribution is 5.76. The van der Waals surface area contributed by atoms with E-state index >= 15 is 0 Å². The Morgan fingerprint density at radius 1 is 1.38 bits per heavy atom. The quantitative estimate of drug-likeness (QED) is 0.909. The Labute approximate surface area is 140 Å². The monoisotopic (exact) mass is 327 g/mol. The van der Waals surface area contributed by atoms with E-state index in [9.17, 15) is 9.59 Å². The first-order valence-corrected chi connectivity index (χ1v) is 8.10. The first-order chi connectivity index (χ1) is 11.7. The molecule has 3 rings (SSSR count). The van der Waals surface area contributed by atoms with Gasteiger partial charge in [0.05, 0.1) is 0 Å². The molecule has 3 heterocycles. The van der Waals surface area contributed by atoms with Gasteiger partial charge in [-0.15, -0.1) is 0 Å². The molecule has 2 aromatic heterocycles. The second-order valence-electron chi connectivity index (χ2n) is 5.93. The lowest BCUT2D eigenvalue weighted by molar-refractivity contribution is -0.133. The molecule has 1 amide bonds. The predicted octanol–water partition coefficient (Wildman–Crippen LogP) is 1.09. The van der Waals surface area contributed by atoms with Gasteiger partial charge in [-0.2, -0.15) is 0 Å². The summed E-state index contributed by atoms with van der Waals surface area (Å²) in [7, 11) is 1.84. The first kappa shape index (κ1) is 16.2. The van der Waals surface area contributed by atoms with E-state index in [4.69, 9.17) is 0 Å². The molecule has 24 heavy (non-hydrogen) atoms. The first-order valence-electron chi connectivity index (χ1n) is 8.10. The van der Waals surface area contributed by atoms with E-state index in [1.807, 2.05) is 24.1 Å². The lowest BCUT2D eigenvalue weighted by atomic mass is 9.91. The number of nitrogens with zero attached hydrogens (tertiary/aromatic N) is 4. The Hall–Kier alpha value is -2.70. The van der Waals surface area contributed by atoms with Crippen molar-refractivity contribution in [3.05, 3.63) is 52.8 Å². The normalized spacial score (nSPS) is 17.5. The van der Waals surface area contributed by atoms with Crippen LogP contribution in [-0.4, -0.2) is 45.5 Å². The minimum Gasteiger partial charge on any atom is -0.373 e. The zero-order valence-electron chi connectivity index (χ0n) is 13.7. The number of piperidine rings is 1. The fraction of sp³-hybridized carbons (Fsp3) is 0.412. The predicted molar refractivity (Wildman–Crippen MR) is 90.8 cm³/mol. The van der Waals surface area contributed by atoms with Crippen LogP contribution in [0.2, 0.25) is 0 Å². The van der Waals surface area contributed by atoms with Crippen LogP contribution < -0.4 is 11.0 Å². The zero-order chi connectivity index (χ0) is 16.9. The molecule has 2 aromatic rings. The number of anilines is 1. The SMILES string of the molecule is CNc1cc(C2CCCN(C(=O)Cn3cccnc3=O)C2)ccn1. The van der Waals surface area contributed by atoms with Crippen molar-refractivity contribution >= 4 is 11.7 Å². The number of aromatic nitrogens is 3. The van der Waals surface area contributed by atoms with Crippen LogP contribution in [0, 0.1) is 0 Å². The maximum absolute atomic E-state index is 12.5. The molecule has 0 aromatic carbocycles. The Bertz CT molecular complexity index is 773. The Morgan fingerprint density at radius 3 is 3.04 bits per heavy atom. The van der Waals surface area contributed by atoms with Gasteiger partial charge < -0.3 is 10.2 Å². The van der Waals surface area contributed by atoms with Crippen LogP contribution in [0.25, 0.3) is 0 Å². The lowest BCUT2D eigenvalue weighted by Gasteiger charge is -2.33. The second-order valence-corrected chi connectivity index (χ2v) is 5.93. The van der Waals surface area contributed by atoms with Crippen molar-refractivity contribution in [3.63, 3.8) is 0 Å². The summed E-state index contributed by atoms with van der Waals surface area (Å²) < 4.78 is 1.34. The molecule has 1 aliphatic rings. The summed E-state index contributed by atoms with van der Waals surface area (Å²) in [6.07, 6.45) is 6.82. The highest BCUT2D eigenvalue weighted by atomic mass is 16.2. The number of likely N-dealkylation sites (tertiary alicyclic amines) is 1. The number of rotatable bonds is 4. The van der Waals surface area contributed by atoms with Crippen molar-refractivity contribution in [2.75, 3.05) is 25.5 Å². The summed E-state index contributed by atoms with van der Waals surface area (Å²) in [6.45, 7) is 1.44. The average molecular weight is 327 g/mol. The summed E-state index contributed by atoms with van der Waals surface area (Å²) in [5.41, 5.74) is 0.789. The lowest BCUT2D eigenvalue weighted by Crippen LogP contribution is -2.42. The third-order valence-corrected chi connectivity index (χ3v) is 4.37. The van der Waals surface area contributed by atoms with E-state index in [0.717, 1.165) is 25.2 Å². The van der Waals surface area contributed by atoms with Crippen molar-refractivity contribution in [2.24, 2.45) is 0 Å². The topological polar surface area (TPSA) is 80.1 Å². The number of nitrogens with one attached hydrogen (secondary N) is 1. The van der Waals surface area contributed by atoms with E-state index in [1.54, 1.807) is 18.5 Å². The van der Waals surface area contributed by atoms with Crippen molar-refractivity contribution in [1.82, 2.24) is 19.4 Å². The third-order valence-electron chi connectivity index (χ3n) is 4.37. The van der Waals surface area contributed by atoms with Crippen molar-refractivity contribution < 1.29 is 4.79 Å². The summed E-state index contributed by atoms with van der Waals surface area (Å²) in [4.78, 5) is 34.0. The average Bonchev–Trinajstić information content (AvgIpc) is 2.64. The Balaban J connectivity index is 1.69. The fourth-order valence-electron chi connectivity index (χ4n) is 3.07. The Kier molecular flexibility index (Phi) is 4.88. The summed E-state index contributed by atoms with van der Waals surface area (Å²) in [5.74, 6) is 1.08. The fourth-order valence-corrected chi connectivity index (χ4v) is 3.07. The molecule has 126 valence electrons. The van der Waals surface area contributed by atoms with E-state index in [2.05, 4.69) is 15.3 Å². The van der Waals surface area contributed by atoms with Crippen LogP contribution in [0.4, 0.5) is 5.82 Å². The molecule has 1 unspecified atom stereocenters. The van der Waals surface area contributed by atoms with Gasteiger partial charge >= 0.3 is 5.69 Å². The van der Waals surface area contributed by atoms with Crippen molar-refractivity contribution in [2.45, 2.75) is 25.3 Å². The van der Waals surface area contributed by atoms with Gasteiger partial charge in [-0.25, -0.2) is 14.8 Å².